The average molecular weight is 236 g/mol. The maximum atomic E-state index is 10.0. The molecule has 3 heteroatoms. The van der Waals surface area contributed by atoms with Crippen LogP contribution in [0, 0.1) is 0 Å². The Balaban J connectivity index is 2.02. The molecule has 0 saturated heterocycles. The van der Waals surface area contributed by atoms with E-state index in [4.69, 9.17) is 9.47 Å². The van der Waals surface area contributed by atoms with Crippen LogP contribution in [-0.2, 0) is 11.2 Å². The molecule has 0 spiro atoms. The molecule has 0 fully saturated rings. The zero-order valence-electron chi connectivity index (χ0n) is 10.7. The fourth-order valence-corrected chi connectivity index (χ4v) is 1.84. The fourth-order valence-electron chi connectivity index (χ4n) is 1.84. The summed E-state index contributed by atoms with van der Waals surface area (Å²) in [6.45, 7) is 7.01. The highest BCUT2D eigenvalue weighted by Crippen LogP contribution is 2.28. The van der Waals surface area contributed by atoms with Crippen LogP contribution in [0.5, 0.6) is 5.75 Å². The lowest BCUT2D eigenvalue weighted by Crippen LogP contribution is -2.22. The molecule has 0 saturated carbocycles. The zero-order chi connectivity index (χ0) is 12.5. The van der Waals surface area contributed by atoms with E-state index in [1.807, 2.05) is 39.0 Å². The quantitative estimate of drug-likeness (QED) is 0.876. The topological polar surface area (TPSA) is 38.7 Å². The van der Waals surface area contributed by atoms with Crippen molar-refractivity contribution in [3.8, 4) is 5.75 Å². The summed E-state index contributed by atoms with van der Waals surface area (Å²) >= 11 is 0. The molecule has 1 aromatic carbocycles. The third-order valence-corrected chi connectivity index (χ3v) is 2.77. The van der Waals surface area contributed by atoms with Gasteiger partial charge < -0.3 is 14.6 Å². The molecule has 3 nitrogen and oxygen atoms in total. The first-order chi connectivity index (χ1) is 7.96. The van der Waals surface area contributed by atoms with E-state index < -0.39 is 6.10 Å². The highest BCUT2D eigenvalue weighted by molar-refractivity contribution is 5.40. The Hall–Kier alpha value is -1.06. The van der Waals surface area contributed by atoms with Gasteiger partial charge in [0.05, 0.1) is 18.8 Å². The van der Waals surface area contributed by atoms with E-state index in [0.29, 0.717) is 6.61 Å². The van der Waals surface area contributed by atoms with E-state index in [1.54, 1.807) is 0 Å². The lowest BCUT2D eigenvalue weighted by molar-refractivity contribution is -0.0496. The Morgan fingerprint density at radius 2 is 2.18 bits per heavy atom. The van der Waals surface area contributed by atoms with Gasteiger partial charge in [-0.05, 0) is 44.0 Å². The second kappa shape index (κ2) is 4.67. The molecular formula is C14H20O3. The predicted molar refractivity (Wildman–Crippen MR) is 66.3 cm³/mol. The number of aliphatic hydroxyl groups is 1. The number of ether oxygens (including phenoxy) is 2. The molecule has 0 radical (unpaired) electrons. The third kappa shape index (κ3) is 3.20. The summed E-state index contributed by atoms with van der Waals surface area (Å²) in [5, 5.41) is 10.0. The minimum absolute atomic E-state index is 0.221. The van der Waals surface area contributed by atoms with Crippen LogP contribution in [0.4, 0.5) is 0 Å². The Morgan fingerprint density at radius 3 is 2.88 bits per heavy atom. The summed E-state index contributed by atoms with van der Waals surface area (Å²) in [7, 11) is 0. The summed E-state index contributed by atoms with van der Waals surface area (Å²) in [5.41, 5.74) is 1.86. The number of hydrogen-bond acceptors (Lipinski definition) is 3. The molecule has 1 aromatic rings. The first-order valence-electron chi connectivity index (χ1n) is 6.03. The van der Waals surface area contributed by atoms with Crippen LogP contribution in [0.3, 0.4) is 0 Å². The first kappa shape index (κ1) is 12.4. The van der Waals surface area contributed by atoms with Crippen molar-refractivity contribution in [2.75, 3.05) is 13.2 Å². The van der Waals surface area contributed by atoms with Crippen molar-refractivity contribution < 1.29 is 14.6 Å². The van der Waals surface area contributed by atoms with Crippen molar-refractivity contribution in [2.45, 2.75) is 38.9 Å². The van der Waals surface area contributed by atoms with Crippen molar-refractivity contribution in [1.82, 2.24) is 0 Å². The largest absolute Gasteiger partial charge is 0.493 e. The van der Waals surface area contributed by atoms with Gasteiger partial charge in [-0.2, -0.15) is 0 Å². The summed E-state index contributed by atoms with van der Waals surface area (Å²) in [6.07, 6.45) is 0.357. The smallest absolute Gasteiger partial charge is 0.122 e. The molecule has 2 rings (SSSR count). The normalized spacial score (nSPS) is 16.5. The van der Waals surface area contributed by atoms with Gasteiger partial charge in [-0.15, -0.1) is 0 Å². The maximum Gasteiger partial charge on any atom is 0.122 e. The van der Waals surface area contributed by atoms with Crippen LogP contribution in [0.25, 0.3) is 0 Å². The molecule has 1 aliphatic rings. The SMILES string of the molecule is CC(C)(C)OCC(O)c1ccc2c(c1)CCO2. The van der Waals surface area contributed by atoms with Crippen LogP contribution in [0.1, 0.15) is 38.0 Å². The van der Waals surface area contributed by atoms with Gasteiger partial charge in [-0.25, -0.2) is 0 Å². The van der Waals surface area contributed by atoms with Crippen molar-refractivity contribution in [3.05, 3.63) is 29.3 Å². The number of fused-ring (bicyclic) bond motifs is 1. The highest BCUT2D eigenvalue weighted by Gasteiger charge is 2.18. The summed E-state index contributed by atoms with van der Waals surface area (Å²) in [5.74, 6) is 0.942. The molecule has 94 valence electrons. The van der Waals surface area contributed by atoms with Crippen molar-refractivity contribution >= 4 is 0 Å². The highest BCUT2D eigenvalue weighted by atomic mass is 16.5. The molecular weight excluding hydrogens is 216 g/mol. The maximum absolute atomic E-state index is 10.0. The van der Waals surface area contributed by atoms with Crippen LogP contribution in [-0.4, -0.2) is 23.9 Å². The van der Waals surface area contributed by atoms with Crippen molar-refractivity contribution in [3.63, 3.8) is 0 Å². The van der Waals surface area contributed by atoms with Gasteiger partial charge in [-0.1, -0.05) is 6.07 Å². The van der Waals surface area contributed by atoms with Gasteiger partial charge in [0.1, 0.15) is 11.9 Å². The average Bonchev–Trinajstić information content (AvgIpc) is 2.71. The van der Waals surface area contributed by atoms with Gasteiger partial charge in [0.2, 0.25) is 0 Å². The number of benzene rings is 1. The predicted octanol–water partition coefficient (Wildman–Crippen LogP) is 2.47. The van der Waals surface area contributed by atoms with Crippen molar-refractivity contribution in [2.24, 2.45) is 0 Å². The van der Waals surface area contributed by atoms with E-state index in [-0.39, 0.29) is 5.60 Å². The second-order valence-electron chi connectivity index (χ2n) is 5.40. The summed E-state index contributed by atoms with van der Waals surface area (Å²) in [6, 6.07) is 5.85. The van der Waals surface area contributed by atoms with E-state index in [1.165, 1.54) is 5.56 Å². The monoisotopic (exact) mass is 236 g/mol. The lowest BCUT2D eigenvalue weighted by Gasteiger charge is -2.22. The van der Waals surface area contributed by atoms with E-state index in [2.05, 4.69) is 0 Å². The number of hydrogen-bond donors (Lipinski definition) is 1. The summed E-state index contributed by atoms with van der Waals surface area (Å²) < 4.78 is 11.0. The summed E-state index contributed by atoms with van der Waals surface area (Å²) in [4.78, 5) is 0. The number of aliphatic hydroxyl groups excluding tert-OH is 1. The third-order valence-electron chi connectivity index (χ3n) is 2.77. The van der Waals surface area contributed by atoms with Gasteiger partial charge in [0, 0.05) is 6.42 Å². The zero-order valence-corrected chi connectivity index (χ0v) is 10.7. The molecule has 1 heterocycles. The van der Waals surface area contributed by atoms with E-state index in [9.17, 15) is 5.11 Å². The van der Waals surface area contributed by atoms with Crippen LogP contribution >= 0.6 is 0 Å². The van der Waals surface area contributed by atoms with Crippen molar-refractivity contribution in [1.29, 1.82) is 0 Å². The standard InChI is InChI=1S/C14H20O3/c1-14(2,3)17-9-12(15)10-4-5-13-11(8-10)6-7-16-13/h4-5,8,12,15H,6-7,9H2,1-3H3. The van der Waals surface area contributed by atoms with Gasteiger partial charge in [0.25, 0.3) is 0 Å². The Bertz CT molecular complexity index is 393. The van der Waals surface area contributed by atoms with Gasteiger partial charge in [0.15, 0.2) is 0 Å². The fraction of sp³-hybridized carbons (Fsp3) is 0.571. The van der Waals surface area contributed by atoms with Gasteiger partial charge >= 0.3 is 0 Å². The molecule has 1 atom stereocenters. The minimum atomic E-state index is -0.569. The molecule has 0 aliphatic carbocycles. The Labute approximate surface area is 102 Å². The lowest BCUT2D eigenvalue weighted by atomic mass is 10.0. The van der Waals surface area contributed by atoms with Crippen LogP contribution in [0.15, 0.2) is 18.2 Å². The molecule has 1 aliphatic heterocycles. The molecule has 1 N–H and O–H groups in total. The molecule has 1 unspecified atom stereocenters. The minimum Gasteiger partial charge on any atom is -0.493 e. The molecule has 17 heavy (non-hydrogen) atoms. The van der Waals surface area contributed by atoms with Crippen LogP contribution < -0.4 is 4.74 Å². The second-order valence-corrected chi connectivity index (χ2v) is 5.40. The van der Waals surface area contributed by atoms with E-state index >= 15 is 0 Å². The van der Waals surface area contributed by atoms with Crippen LogP contribution in [0.2, 0.25) is 0 Å². The first-order valence-corrected chi connectivity index (χ1v) is 6.03. The molecule has 0 amide bonds. The molecule has 0 aromatic heterocycles. The van der Waals surface area contributed by atoms with Gasteiger partial charge in [-0.3, -0.25) is 0 Å². The Kier molecular flexibility index (Phi) is 3.40. The van der Waals surface area contributed by atoms with E-state index in [0.717, 1.165) is 24.3 Å². The number of rotatable bonds is 3. The Morgan fingerprint density at radius 1 is 1.41 bits per heavy atom. The molecule has 0 bridgehead atoms.